The molecule has 7 heteroatoms. The Kier molecular flexibility index (Phi) is 4.46. The molecule has 24 heavy (non-hydrogen) atoms. The van der Waals surface area contributed by atoms with Crippen LogP contribution in [0.2, 0.25) is 0 Å². The molecule has 0 saturated heterocycles. The Bertz CT molecular complexity index is 1020. The second-order valence-corrected chi connectivity index (χ2v) is 7.86. The maximum atomic E-state index is 12.0. The summed E-state index contributed by atoms with van der Waals surface area (Å²) >= 11 is 4.87. The number of fused-ring (bicyclic) bond motifs is 1. The lowest BCUT2D eigenvalue weighted by molar-refractivity contribution is 1.04. The predicted molar refractivity (Wildman–Crippen MR) is 102 cm³/mol. The summed E-state index contributed by atoms with van der Waals surface area (Å²) in [7, 11) is 0. The molecule has 4 aromatic rings. The SMILES string of the molecule is O=c1cc(CSCc2csc(-c3ccccc3)n2)nc2sccn12. The van der Waals surface area contributed by atoms with Crippen LogP contribution in [0.1, 0.15) is 11.4 Å². The monoisotopic (exact) mass is 371 g/mol. The highest BCUT2D eigenvalue weighted by Crippen LogP contribution is 2.25. The summed E-state index contributed by atoms with van der Waals surface area (Å²) in [5, 5.41) is 5.02. The lowest BCUT2D eigenvalue weighted by Crippen LogP contribution is -2.12. The van der Waals surface area contributed by atoms with Crippen molar-refractivity contribution in [2.24, 2.45) is 0 Å². The van der Waals surface area contributed by atoms with Crippen LogP contribution in [0.4, 0.5) is 0 Å². The first-order chi connectivity index (χ1) is 11.8. The van der Waals surface area contributed by atoms with E-state index in [1.807, 2.05) is 23.6 Å². The largest absolute Gasteiger partial charge is 0.269 e. The third-order valence-corrected chi connectivity index (χ3v) is 6.13. The van der Waals surface area contributed by atoms with Gasteiger partial charge in [-0.2, -0.15) is 0 Å². The molecule has 0 spiro atoms. The molecule has 0 fully saturated rings. The lowest BCUT2D eigenvalue weighted by Gasteiger charge is -2.00. The average molecular weight is 372 g/mol. The molecule has 1 aromatic carbocycles. The third kappa shape index (κ3) is 3.28. The van der Waals surface area contributed by atoms with Gasteiger partial charge in [0.05, 0.1) is 11.4 Å². The van der Waals surface area contributed by atoms with Crippen LogP contribution in [-0.4, -0.2) is 14.4 Å². The number of hydrogen-bond acceptors (Lipinski definition) is 6. The molecule has 0 aliphatic rings. The van der Waals surface area contributed by atoms with Crippen LogP contribution in [0.3, 0.4) is 0 Å². The van der Waals surface area contributed by atoms with E-state index >= 15 is 0 Å². The summed E-state index contributed by atoms with van der Waals surface area (Å²) in [5.74, 6) is 1.52. The Labute approximate surface area is 150 Å². The predicted octanol–water partition coefficient (Wildman–Crippen LogP) is 4.31. The Morgan fingerprint density at radius 2 is 1.88 bits per heavy atom. The zero-order valence-electron chi connectivity index (χ0n) is 12.6. The Morgan fingerprint density at radius 1 is 1.04 bits per heavy atom. The van der Waals surface area contributed by atoms with Crippen LogP contribution in [-0.2, 0) is 11.5 Å². The maximum absolute atomic E-state index is 12.0. The van der Waals surface area contributed by atoms with Gasteiger partial charge in [-0.05, 0) is 0 Å². The van der Waals surface area contributed by atoms with Gasteiger partial charge in [-0.1, -0.05) is 30.3 Å². The standard InChI is InChI=1S/C17H13N3OS3/c21-15-8-13(19-17-20(15)6-7-23-17)9-22-10-14-11-24-16(18-14)12-4-2-1-3-5-12/h1-8,11H,9-10H2. The molecule has 0 bridgehead atoms. The molecule has 3 heterocycles. The number of rotatable bonds is 5. The number of nitrogens with zero attached hydrogens (tertiary/aromatic N) is 3. The van der Waals surface area contributed by atoms with Crippen molar-refractivity contribution in [2.75, 3.05) is 0 Å². The fourth-order valence-corrected chi connectivity index (χ4v) is 4.79. The van der Waals surface area contributed by atoms with Gasteiger partial charge in [-0.3, -0.25) is 9.20 Å². The summed E-state index contributed by atoms with van der Waals surface area (Å²) in [5.41, 5.74) is 3.03. The van der Waals surface area contributed by atoms with Crippen molar-refractivity contribution in [1.29, 1.82) is 0 Å². The van der Waals surface area contributed by atoms with E-state index in [-0.39, 0.29) is 5.56 Å². The lowest BCUT2D eigenvalue weighted by atomic mass is 10.2. The molecule has 0 aliphatic heterocycles. The molecule has 0 saturated carbocycles. The smallest absolute Gasteiger partial charge is 0.258 e. The van der Waals surface area contributed by atoms with E-state index in [9.17, 15) is 4.79 Å². The topological polar surface area (TPSA) is 47.3 Å². The van der Waals surface area contributed by atoms with Crippen LogP contribution in [0.15, 0.2) is 58.1 Å². The zero-order chi connectivity index (χ0) is 16.4. The highest BCUT2D eigenvalue weighted by Gasteiger charge is 2.06. The zero-order valence-corrected chi connectivity index (χ0v) is 15.0. The fraction of sp³-hybridized carbons (Fsp3) is 0.118. The first-order valence-electron chi connectivity index (χ1n) is 7.33. The first-order valence-corrected chi connectivity index (χ1v) is 10.2. The second kappa shape index (κ2) is 6.88. The van der Waals surface area contributed by atoms with Crippen LogP contribution in [0.25, 0.3) is 15.5 Å². The average Bonchev–Trinajstić information content (AvgIpc) is 3.25. The molecule has 0 radical (unpaired) electrons. The van der Waals surface area contributed by atoms with Gasteiger partial charge in [0.1, 0.15) is 5.01 Å². The molecule has 0 aliphatic carbocycles. The fourth-order valence-electron chi connectivity index (χ4n) is 2.31. The Morgan fingerprint density at radius 3 is 2.75 bits per heavy atom. The molecular weight excluding hydrogens is 358 g/mol. The van der Waals surface area contributed by atoms with Crippen molar-refractivity contribution >= 4 is 39.4 Å². The van der Waals surface area contributed by atoms with Crippen LogP contribution in [0, 0.1) is 0 Å². The molecule has 0 N–H and O–H groups in total. The van der Waals surface area contributed by atoms with E-state index in [0.717, 1.165) is 32.7 Å². The van der Waals surface area contributed by atoms with Crippen LogP contribution >= 0.6 is 34.4 Å². The highest BCUT2D eigenvalue weighted by molar-refractivity contribution is 7.97. The van der Waals surface area contributed by atoms with Gasteiger partial charge >= 0.3 is 0 Å². The number of hydrogen-bond donors (Lipinski definition) is 0. The van der Waals surface area contributed by atoms with Crippen molar-refractivity contribution in [3.63, 3.8) is 0 Å². The van der Waals surface area contributed by atoms with E-state index in [4.69, 9.17) is 0 Å². The van der Waals surface area contributed by atoms with Crippen LogP contribution < -0.4 is 5.56 Å². The van der Waals surface area contributed by atoms with E-state index in [2.05, 4.69) is 27.5 Å². The van der Waals surface area contributed by atoms with E-state index in [0.29, 0.717) is 5.75 Å². The summed E-state index contributed by atoms with van der Waals surface area (Å²) in [6.45, 7) is 0. The van der Waals surface area contributed by atoms with Gasteiger partial charge in [0.25, 0.3) is 5.56 Å². The third-order valence-electron chi connectivity index (χ3n) is 3.43. The van der Waals surface area contributed by atoms with Gasteiger partial charge < -0.3 is 0 Å². The minimum absolute atomic E-state index is 0.0168. The summed E-state index contributed by atoms with van der Waals surface area (Å²) in [4.78, 5) is 21.9. The van der Waals surface area contributed by atoms with Crippen LogP contribution in [0.5, 0.6) is 0 Å². The number of thioether (sulfide) groups is 1. The van der Waals surface area contributed by atoms with Crippen molar-refractivity contribution < 1.29 is 0 Å². The van der Waals surface area contributed by atoms with Gasteiger partial charge in [-0.25, -0.2) is 9.97 Å². The Balaban J connectivity index is 1.42. The van der Waals surface area contributed by atoms with Gasteiger partial charge in [0.15, 0.2) is 4.96 Å². The normalized spacial score (nSPS) is 11.2. The first kappa shape index (κ1) is 15.6. The van der Waals surface area contributed by atoms with Gasteiger partial charge in [-0.15, -0.1) is 34.4 Å². The van der Waals surface area contributed by atoms with E-state index in [1.54, 1.807) is 39.8 Å². The summed E-state index contributed by atoms with van der Waals surface area (Å²) in [6.07, 6.45) is 1.76. The molecule has 4 rings (SSSR count). The summed E-state index contributed by atoms with van der Waals surface area (Å²) in [6, 6.07) is 11.8. The molecule has 0 amide bonds. The van der Waals surface area contributed by atoms with Crippen molar-refractivity contribution in [3.05, 3.63) is 75.1 Å². The maximum Gasteiger partial charge on any atom is 0.258 e. The molecular formula is C17H13N3OS3. The van der Waals surface area contributed by atoms with Gasteiger partial charge in [0, 0.05) is 40.1 Å². The van der Waals surface area contributed by atoms with Crippen molar-refractivity contribution in [1.82, 2.24) is 14.4 Å². The van der Waals surface area contributed by atoms with Gasteiger partial charge in [0.2, 0.25) is 0 Å². The molecule has 3 aromatic heterocycles. The number of aromatic nitrogens is 3. The molecule has 0 unspecified atom stereocenters. The van der Waals surface area contributed by atoms with E-state index < -0.39 is 0 Å². The van der Waals surface area contributed by atoms with Crippen molar-refractivity contribution in [3.8, 4) is 10.6 Å². The second-order valence-electron chi connectivity index (χ2n) is 5.14. The quantitative estimate of drug-likeness (QED) is 0.524. The summed E-state index contributed by atoms with van der Waals surface area (Å²) < 4.78 is 1.57. The Hall–Kier alpha value is -1.96. The molecule has 4 nitrogen and oxygen atoms in total. The minimum Gasteiger partial charge on any atom is -0.269 e. The van der Waals surface area contributed by atoms with Crippen molar-refractivity contribution in [2.45, 2.75) is 11.5 Å². The molecule has 120 valence electrons. The van der Waals surface area contributed by atoms with E-state index in [1.165, 1.54) is 11.3 Å². The number of thiazole rings is 2. The highest BCUT2D eigenvalue weighted by atomic mass is 32.2. The minimum atomic E-state index is -0.0168. The number of benzene rings is 1. The molecule has 0 atom stereocenters.